The average Bonchev–Trinajstić information content (AvgIpc) is 2.84. The second-order valence-electron chi connectivity index (χ2n) is 7.46. The van der Waals surface area contributed by atoms with Gasteiger partial charge >= 0.3 is 0 Å². The quantitative estimate of drug-likeness (QED) is 0.827. The van der Waals surface area contributed by atoms with E-state index in [1.54, 1.807) is 0 Å². The third-order valence-corrected chi connectivity index (χ3v) is 4.64. The minimum absolute atomic E-state index is 0.246. The van der Waals surface area contributed by atoms with E-state index in [1.165, 1.54) is 43.4 Å². The van der Waals surface area contributed by atoms with Crippen LogP contribution < -0.4 is 5.32 Å². The lowest BCUT2D eigenvalue weighted by Gasteiger charge is -2.26. The summed E-state index contributed by atoms with van der Waals surface area (Å²) in [5.74, 6) is 1.73. The summed E-state index contributed by atoms with van der Waals surface area (Å²) < 4.78 is 0. The fraction of sp³-hybridized carbons (Fsp3) is 0.684. The Bertz CT molecular complexity index is 399. The van der Waals surface area contributed by atoms with E-state index in [2.05, 4.69) is 57.3 Å². The standard InChI is InChI=1S/C19H31N/c1-5-15-9-11-16(12-10-15)13-17-7-6-8-18(17)14-20-19(2,3)4/h9-12,17-18,20H,5-8,13-14H2,1-4H3. The molecule has 0 aliphatic heterocycles. The lowest BCUT2D eigenvalue weighted by molar-refractivity contribution is 0.317. The molecule has 2 unspecified atom stereocenters. The predicted octanol–water partition coefficient (Wildman–Crippen LogP) is 4.60. The van der Waals surface area contributed by atoms with Gasteiger partial charge < -0.3 is 5.32 Å². The summed E-state index contributed by atoms with van der Waals surface area (Å²) in [6, 6.07) is 9.27. The zero-order valence-electron chi connectivity index (χ0n) is 13.7. The van der Waals surface area contributed by atoms with E-state index in [0.29, 0.717) is 0 Å². The summed E-state index contributed by atoms with van der Waals surface area (Å²) in [4.78, 5) is 0. The first-order chi connectivity index (χ1) is 9.48. The van der Waals surface area contributed by atoms with Gasteiger partial charge in [0.05, 0.1) is 0 Å². The molecule has 1 aliphatic carbocycles. The van der Waals surface area contributed by atoms with Crippen molar-refractivity contribution in [3.05, 3.63) is 35.4 Å². The zero-order valence-corrected chi connectivity index (χ0v) is 13.7. The van der Waals surface area contributed by atoms with Crippen LogP contribution in [0.25, 0.3) is 0 Å². The third-order valence-electron chi connectivity index (χ3n) is 4.64. The van der Waals surface area contributed by atoms with Crippen molar-refractivity contribution in [3.63, 3.8) is 0 Å². The molecule has 1 N–H and O–H groups in total. The van der Waals surface area contributed by atoms with Crippen LogP contribution in [0.5, 0.6) is 0 Å². The summed E-state index contributed by atoms with van der Waals surface area (Å²) in [5.41, 5.74) is 3.22. The van der Waals surface area contributed by atoms with Crippen LogP contribution in [0.15, 0.2) is 24.3 Å². The summed E-state index contributed by atoms with van der Waals surface area (Å²) in [6.45, 7) is 10.2. The molecular weight excluding hydrogens is 242 g/mol. The van der Waals surface area contributed by atoms with Crippen molar-refractivity contribution >= 4 is 0 Å². The number of aryl methyl sites for hydroxylation is 1. The van der Waals surface area contributed by atoms with E-state index in [1.807, 2.05) is 0 Å². The van der Waals surface area contributed by atoms with E-state index in [0.717, 1.165) is 18.3 Å². The van der Waals surface area contributed by atoms with Gasteiger partial charge in [0.1, 0.15) is 0 Å². The number of hydrogen-bond donors (Lipinski definition) is 1. The number of benzene rings is 1. The molecule has 2 atom stereocenters. The fourth-order valence-corrected chi connectivity index (χ4v) is 3.30. The molecule has 1 aromatic rings. The monoisotopic (exact) mass is 273 g/mol. The van der Waals surface area contributed by atoms with Gasteiger partial charge in [-0.3, -0.25) is 0 Å². The lowest BCUT2D eigenvalue weighted by atomic mass is 9.88. The molecule has 20 heavy (non-hydrogen) atoms. The maximum absolute atomic E-state index is 3.70. The number of hydrogen-bond acceptors (Lipinski definition) is 1. The van der Waals surface area contributed by atoms with Crippen molar-refractivity contribution in [1.82, 2.24) is 5.32 Å². The molecule has 112 valence electrons. The Kier molecular flexibility index (Phi) is 5.26. The molecule has 0 saturated heterocycles. The van der Waals surface area contributed by atoms with E-state index in [-0.39, 0.29) is 5.54 Å². The molecule has 0 radical (unpaired) electrons. The van der Waals surface area contributed by atoms with Crippen LogP contribution in [0.2, 0.25) is 0 Å². The highest BCUT2D eigenvalue weighted by atomic mass is 14.9. The topological polar surface area (TPSA) is 12.0 Å². The smallest absolute Gasteiger partial charge is 0.00966 e. The Morgan fingerprint density at radius 1 is 1.00 bits per heavy atom. The van der Waals surface area contributed by atoms with Crippen molar-refractivity contribution in [2.24, 2.45) is 11.8 Å². The van der Waals surface area contributed by atoms with Crippen LogP contribution in [-0.2, 0) is 12.8 Å². The van der Waals surface area contributed by atoms with Gasteiger partial charge in [0.25, 0.3) is 0 Å². The van der Waals surface area contributed by atoms with Crippen LogP contribution in [0.1, 0.15) is 58.1 Å². The molecule has 1 fully saturated rings. The largest absolute Gasteiger partial charge is 0.312 e. The van der Waals surface area contributed by atoms with Crippen molar-refractivity contribution in [2.45, 2.75) is 65.3 Å². The molecule has 0 heterocycles. The van der Waals surface area contributed by atoms with Crippen molar-refractivity contribution < 1.29 is 0 Å². The Morgan fingerprint density at radius 2 is 1.60 bits per heavy atom. The maximum Gasteiger partial charge on any atom is 0.00966 e. The Morgan fingerprint density at radius 3 is 2.20 bits per heavy atom. The second-order valence-corrected chi connectivity index (χ2v) is 7.46. The average molecular weight is 273 g/mol. The Hall–Kier alpha value is -0.820. The van der Waals surface area contributed by atoms with E-state index in [4.69, 9.17) is 0 Å². The first-order valence-corrected chi connectivity index (χ1v) is 8.31. The SMILES string of the molecule is CCc1ccc(CC2CCCC2CNC(C)(C)C)cc1. The van der Waals surface area contributed by atoms with Gasteiger partial charge in [0.15, 0.2) is 0 Å². The maximum atomic E-state index is 3.70. The first kappa shape index (κ1) is 15.6. The molecule has 0 spiro atoms. The molecule has 1 nitrogen and oxygen atoms in total. The van der Waals surface area contributed by atoms with Gasteiger partial charge in [-0.1, -0.05) is 37.6 Å². The molecule has 0 bridgehead atoms. The van der Waals surface area contributed by atoms with Crippen LogP contribution in [0.4, 0.5) is 0 Å². The number of nitrogens with one attached hydrogen (secondary N) is 1. The van der Waals surface area contributed by atoms with Gasteiger partial charge in [0, 0.05) is 5.54 Å². The van der Waals surface area contributed by atoms with Crippen LogP contribution in [0, 0.1) is 11.8 Å². The molecule has 0 amide bonds. The number of rotatable bonds is 5. The second kappa shape index (κ2) is 6.76. The van der Waals surface area contributed by atoms with Crippen molar-refractivity contribution in [3.8, 4) is 0 Å². The Balaban J connectivity index is 1.90. The highest BCUT2D eigenvalue weighted by Gasteiger charge is 2.28. The van der Waals surface area contributed by atoms with Crippen LogP contribution in [0.3, 0.4) is 0 Å². The third kappa shape index (κ3) is 4.63. The molecule has 2 rings (SSSR count). The van der Waals surface area contributed by atoms with Gasteiger partial charge in [0.2, 0.25) is 0 Å². The fourth-order valence-electron chi connectivity index (χ4n) is 3.30. The predicted molar refractivity (Wildman–Crippen MR) is 88.1 cm³/mol. The van der Waals surface area contributed by atoms with Gasteiger partial charge in [-0.15, -0.1) is 0 Å². The minimum Gasteiger partial charge on any atom is -0.312 e. The van der Waals surface area contributed by atoms with E-state index in [9.17, 15) is 0 Å². The highest BCUT2D eigenvalue weighted by molar-refractivity contribution is 5.23. The van der Waals surface area contributed by atoms with Gasteiger partial charge in [-0.2, -0.15) is 0 Å². The van der Waals surface area contributed by atoms with Crippen LogP contribution in [-0.4, -0.2) is 12.1 Å². The van der Waals surface area contributed by atoms with Gasteiger partial charge in [-0.25, -0.2) is 0 Å². The first-order valence-electron chi connectivity index (χ1n) is 8.31. The van der Waals surface area contributed by atoms with Crippen molar-refractivity contribution in [2.75, 3.05) is 6.54 Å². The summed E-state index contributed by atoms with van der Waals surface area (Å²) in [6.07, 6.45) is 6.63. The van der Waals surface area contributed by atoms with E-state index >= 15 is 0 Å². The zero-order chi connectivity index (χ0) is 14.6. The minimum atomic E-state index is 0.246. The molecule has 1 aliphatic rings. The van der Waals surface area contributed by atoms with E-state index < -0.39 is 0 Å². The van der Waals surface area contributed by atoms with Crippen molar-refractivity contribution in [1.29, 1.82) is 0 Å². The molecular formula is C19H31N. The van der Waals surface area contributed by atoms with Gasteiger partial charge in [-0.05, 0) is 76.0 Å². The molecule has 1 aromatic carbocycles. The molecule has 0 aromatic heterocycles. The summed E-state index contributed by atoms with van der Waals surface area (Å²) >= 11 is 0. The Labute approximate surface area is 125 Å². The molecule has 1 saturated carbocycles. The highest BCUT2D eigenvalue weighted by Crippen LogP contribution is 2.34. The summed E-state index contributed by atoms with van der Waals surface area (Å²) in [7, 11) is 0. The lowest BCUT2D eigenvalue weighted by Crippen LogP contribution is -2.40. The molecule has 1 heteroatoms. The van der Waals surface area contributed by atoms with Crippen LogP contribution >= 0.6 is 0 Å². The normalized spacial score (nSPS) is 23.2. The summed E-state index contributed by atoms with van der Waals surface area (Å²) in [5, 5.41) is 3.70.